The summed E-state index contributed by atoms with van der Waals surface area (Å²) in [5.74, 6) is -2.45. The van der Waals surface area contributed by atoms with Crippen LogP contribution in [0.2, 0.25) is 0 Å². The lowest BCUT2D eigenvalue weighted by Gasteiger charge is -2.63. The Kier molecular flexibility index (Phi) is 5.75. The Labute approximate surface area is 214 Å². The van der Waals surface area contributed by atoms with Gasteiger partial charge in [0.05, 0.1) is 5.57 Å². The molecule has 0 aromatic heterocycles. The molecule has 0 aromatic rings. The molecule has 3 N–H and O–H groups in total. The molecule has 0 bridgehead atoms. The molecule has 5 unspecified atom stereocenters. The topological polar surface area (TPSA) is 107 Å². The number of carbonyl (C=O) groups is 3. The van der Waals surface area contributed by atoms with Crippen LogP contribution in [-0.2, 0) is 19.1 Å². The lowest BCUT2D eigenvalue weighted by molar-refractivity contribution is -0.222. The summed E-state index contributed by atoms with van der Waals surface area (Å²) in [6.45, 7) is 10.7. The monoisotopic (exact) mass is 495 g/mol. The molecule has 196 valence electrons. The van der Waals surface area contributed by atoms with Gasteiger partial charge in [-0.05, 0) is 68.6 Å². The molecule has 0 radical (unpaired) electrons. The van der Waals surface area contributed by atoms with Gasteiger partial charge >= 0.3 is 5.97 Å². The summed E-state index contributed by atoms with van der Waals surface area (Å²) in [4.78, 5) is 41.1. The van der Waals surface area contributed by atoms with E-state index in [0.29, 0.717) is 25.2 Å². The number of ketones is 2. The minimum Gasteiger partial charge on any atom is -0.504 e. The number of aliphatic hydroxyl groups excluding tert-OH is 1. The Hall–Kier alpha value is -2.21. The molecule has 0 aromatic carbocycles. The van der Waals surface area contributed by atoms with Crippen molar-refractivity contribution >= 4 is 17.5 Å². The number of nitrogens with two attached hydrogens (primary N) is 1. The Morgan fingerprint density at radius 2 is 1.89 bits per heavy atom. The van der Waals surface area contributed by atoms with E-state index in [1.54, 1.807) is 0 Å². The second-order valence-electron chi connectivity index (χ2n) is 13.0. The van der Waals surface area contributed by atoms with Gasteiger partial charge in [-0.1, -0.05) is 52.2 Å². The first kappa shape index (κ1) is 25.4. The first-order chi connectivity index (χ1) is 16.8. The summed E-state index contributed by atoms with van der Waals surface area (Å²) in [5, 5.41) is 10.9. The van der Waals surface area contributed by atoms with Gasteiger partial charge in [-0.25, -0.2) is 4.79 Å². The second-order valence-corrected chi connectivity index (χ2v) is 13.0. The van der Waals surface area contributed by atoms with E-state index in [1.165, 1.54) is 0 Å². The molecule has 6 heteroatoms. The van der Waals surface area contributed by atoms with Crippen molar-refractivity contribution < 1.29 is 24.2 Å². The van der Waals surface area contributed by atoms with Crippen LogP contribution in [-0.4, -0.2) is 28.4 Å². The van der Waals surface area contributed by atoms with Crippen molar-refractivity contribution in [2.75, 3.05) is 0 Å². The van der Waals surface area contributed by atoms with Crippen molar-refractivity contribution in [2.45, 2.75) is 105 Å². The van der Waals surface area contributed by atoms with E-state index in [1.807, 2.05) is 19.9 Å². The van der Waals surface area contributed by atoms with Crippen LogP contribution < -0.4 is 5.73 Å². The fourth-order valence-electron chi connectivity index (χ4n) is 8.86. The summed E-state index contributed by atoms with van der Waals surface area (Å²) in [6, 6.07) is 0. The van der Waals surface area contributed by atoms with Gasteiger partial charge in [-0.15, -0.1) is 0 Å². The van der Waals surface area contributed by atoms with Crippen molar-refractivity contribution in [1.29, 1.82) is 0 Å². The molecular formula is C30H41NO5. The zero-order valence-corrected chi connectivity index (χ0v) is 22.5. The minimum atomic E-state index is -1.17. The average molecular weight is 496 g/mol. The van der Waals surface area contributed by atoms with Crippen LogP contribution in [0.4, 0.5) is 0 Å². The van der Waals surface area contributed by atoms with E-state index in [4.69, 9.17) is 10.5 Å². The molecule has 5 aliphatic rings. The van der Waals surface area contributed by atoms with Gasteiger partial charge in [-0.2, -0.15) is 0 Å². The molecule has 3 fully saturated rings. The molecule has 0 saturated heterocycles. The van der Waals surface area contributed by atoms with Gasteiger partial charge in [0.1, 0.15) is 5.57 Å². The lowest BCUT2D eigenvalue weighted by atomic mass is 9.43. The number of hydrogen-bond donors (Lipinski definition) is 2. The van der Waals surface area contributed by atoms with Gasteiger partial charge in [0.25, 0.3) is 0 Å². The van der Waals surface area contributed by atoms with Crippen molar-refractivity contribution in [1.82, 2.24) is 0 Å². The highest BCUT2D eigenvalue weighted by Crippen LogP contribution is 2.90. The number of esters is 1. The number of rotatable bonds is 7. The first-order valence-electron chi connectivity index (χ1n) is 13.8. The average Bonchev–Trinajstić information content (AvgIpc) is 3.51. The fourth-order valence-corrected chi connectivity index (χ4v) is 8.86. The molecule has 5 aliphatic carbocycles. The van der Waals surface area contributed by atoms with Crippen LogP contribution in [0.15, 0.2) is 34.1 Å². The molecule has 36 heavy (non-hydrogen) atoms. The highest BCUT2D eigenvalue weighted by Gasteiger charge is 2.88. The van der Waals surface area contributed by atoms with Crippen LogP contribution in [0.25, 0.3) is 0 Å². The summed E-state index contributed by atoms with van der Waals surface area (Å²) in [5.41, 5.74) is 6.60. The Morgan fingerprint density at radius 1 is 1.17 bits per heavy atom. The number of unbranched alkanes of at least 4 members (excludes halogenated alkanes) is 2. The lowest BCUT2D eigenvalue weighted by Crippen LogP contribution is -2.67. The number of Topliss-reactive ketones (excluding diaryl/α,β-unsaturated/α-hetero) is 2. The summed E-state index contributed by atoms with van der Waals surface area (Å²) >= 11 is 0. The standard InChI is InChI=1S/C30H41NO5/c1-6-7-8-12-20-22(24(33)21(25(34)23(20)32)18-11-9-10-17(2)13-18)26(35)36-30(31)15-19-14-29(19)27(3,4)16-28(29,30)5/h13,18-19,34H,6-12,14-16,31H2,1-5H3. The largest absolute Gasteiger partial charge is 0.504 e. The smallest absolute Gasteiger partial charge is 0.344 e. The highest BCUT2D eigenvalue weighted by atomic mass is 16.6. The maximum absolute atomic E-state index is 13.9. The van der Waals surface area contributed by atoms with Crippen LogP contribution in [0.5, 0.6) is 0 Å². The van der Waals surface area contributed by atoms with Crippen LogP contribution in [0.3, 0.4) is 0 Å². The molecule has 0 amide bonds. The van der Waals surface area contributed by atoms with Gasteiger partial charge in [0, 0.05) is 23.3 Å². The zero-order chi connectivity index (χ0) is 26.3. The van der Waals surface area contributed by atoms with Crippen LogP contribution in [0.1, 0.15) is 98.8 Å². The van der Waals surface area contributed by atoms with Gasteiger partial charge in [-0.3, -0.25) is 15.3 Å². The number of carbonyl (C=O) groups excluding carboxylic acids is 3. The van der Waals surface area contributed by atoms with E-state index in [2.05, 4.69) is 20.8 Å². The van der Waals surface area contributed by atoms with Gasteiger partial charge < -0.3 is 9.84 Å². The zero-order valence-electron chi connectivity index (χ0n) is 22.5. The van der Waals surface area contributed by atoms with E-state index >= 15 is 0 Å². The van der Waals surface area contributed by atoms with Crippen molar-refractivity contribution in [3.8, 4) is 0 Å². The van der Waals surface area contributed by atoms with Crippen molar-refractivity contribution in [3.63, 3.8) is 0 Å². The molecule has 0 heterocycles. The van der Waals surface area contributed by atoms with E-state index in [0.717, 1.165) is 44.1 Å². The molecule has 0 aliphatic heterocycles. The van der Waals surface area contributed by atoms with Crippen molar-refractivity contribution in [3.05, 3.63) is 34.1 Å². The summed E-state index contributed by atoms with van der Waals surface area (Å²) in [6.07, 6.45) is 9.61. The summed E-state index contributed by atoms with van der Waals surface area (Å²) in [7, 11) is 0. The van der Waals surface area contributed by atoms with E-state index in [9.17, 15) is 19.5 Å². The molecule has 1 spiro atoms. The number of ether oxygens (including phenoxy) is 1. The maximum atomic E-state index is 13.9. The number of aliphatic hydroxyl groups is 1. The maximum Gasteiger partial charge on any atom is 0.344 e. The third-order valence-electron chi connectivity index (χ3n) is 10.5. The number of allylic oxidation sites excluding steroid dienone is 4. The first-order valence-corrected chi connectivity index (χ1v) is 13.8. The highest BCUT2D eigenvalue weighted by molar-refractivity contribution is 6.34. The van der Waals surface area contributed by atoms with Crippen LogP contribution >= 0.6 is 0 Å². The molecular weight excluding hydrogens is 454 g/mol. The van der Waals surface area contributed by atoms with Crippen molar-refractivity contribution in [2.24, 2.45) is 33.8 Å². The fraction of sp³-hybridized carbons (Fsp3) is 0.700. The molecule has 5 rings (SSSR count). The van der Waals surface area contributed by atoms with Gasteiger partial charge in [0.2, 0.25) is 11.6 Å². The van der Waals surface area contributed by atoms with E-state index in [-0.39, 0.29) is 45.3 Å². The predicted octanol–water partition coefficient (Wildman–Crippen LogP) is 5.62. The minimum absolute atomic E-state index is 0.0399. The molecule has 3 saturated carbocycles. The van der Waals surface area contributed by atoms with E-state index < -0.39 is 29.0 Å². The molecule has 6 nitrogen and oxygen atoms in total. The Balaban J connectivity index is 1.49. The Bertz CT molecular complexity index is 1140. The third-order valence-corrected chi connectivity index (χ3v) is 10.5. The quantitative estimate of drug-likeness (QED) is 0.119. The molecule has 5 atom stereocenters. The van der Waals surface area contributed by atoms with Crippen LogP contribution in [0, 0.1) is 28.1 Å². The second kappa shape index (κ2) is 8.14. The van der Waals surface area contributed by atoms with Gasteiger partial charge in [0.15, 0.2) is 11.5 Å². The predicted molar refractivity (Wildman–Crippen MR) is 137 cm³/mol. The summed E-state index contributed by atoms with van der Waals surface area (Å²) < 4.78 is 6.10. The number of hydrogen-bond acceptors (Lipinski definition) is 6. The normalized spacial score (nSPS) is 38.9. The Morgan fingerprint density at radius 3 is 2.50 bits per heavy atom. The third kappa shape index (κ3) is 3.22. The SMILES string of the molecule is CCCCCC1=C(C(=O)OC2(N)CC3CC34C(C)(C)CC24C)C(=O)C(C2C=C(C)CCC2)=C(O)C1=O.